The van der Waals surface area contributed by atoms with Crippen molar-refractivity contribution in [3.8, 4) is 0 Å². The van der Waals surface area contributed by atoms with Gasteiger partial charge in [-0.1, -0.05) is 42.1 Å². The molecular weight excluding hydrogens is 420 g/mol. The molecule has 5 rings (SSSR count). The number of carbonyl (C=O) groups excluding carboxylic acids is 1. The highest BCUT2D eigenvalue weighted by Gasteiger charge is 2.29. The van der Waals surface area contributed by atoms with Gasteiger partial charge < -0.3 is 4.90 Å². The Balaban J connectivity index is 1.49. The molecule has 4 aromatic rings. The van der Waals surface area contributed by atoms with Crippen molar-refractivity contribution < 1.29 is 4.79 Å². The highest BCUT2D eigenvalue weighted by Crippen LogP contribution is 2.31. The third-order valence-electron chi connectivity index (χ3n) is 5.70. The van der Waals surface area contributed by atoms with Gasteiger partial charge in [-0.2, -0.15) is 0 Å². The summed E-state index contributed by atoms with van der Waals surface area (Å²) in [6.07, 6.45) is 4.28. The molecule has 1 aliphatic rings. The zero-order valence-corrected chi connectivity index (χ0v) is 18.5. The number of anilines is 1. The Morgan fingerprint density at radius 2 is 1.81 bits per heavy atom. The van der Waals surface area contributed by atoms with E-state index in [1.165, 1.54) is 17.3 Å². The van der Waals surface area contributed by atoms with Crippen LogP contribution in [0.4, 0.5) is 5.69 Å². The first-order valence-corrected chi connectivity index (χ1v) is 11.4. The first-order valence-electron chi connectivity index (χ1n) is 10.6. The number of para-hydroxylation sites is 2. The Morgan fingerprint density at radius 3 is 2.66 bits per heavy atom. The van der Waals surface area contributed by atoms with E-state index < -0.39 is 5.25 Å². The number of aromatic nitrogens is 3. The van der Waals surface area contributed by atoms with E-state index in [0.717, 1.165) is 17.7 Å². The number of nitrogens with zero attached hydrogens (tertiary/aromatic N) is 4. The molecule has 7 heteroatoms. The molecule has 1 aliphatic heterocycles. The predicted octanol–water partition coefficient (Wildman–Crippen LogP) is 3.91. The third-order valence-corrected chi connectivity index (χ3v) is 6.78. The van der Waals surface area contributed by atoms with Crippen LogP contribution < -0.4 is 10.5 Å². The van der Waals surface area contributed by atoms with Gasteiger partial charge in [-0.15, -0.1) is 0 Å². The van der Waals surface area contributed by atoms with Crippen molar-refractivity contribution in [1.29, 1.82) is 0 Å². The van der Waals surface area contributed by atoms with Crippen LogP contribution in [0.15, 0.2) is 83.0 Å². The molecule has 0 spiro atoms. The highest BCUT2D eigenvalue weighted by atomic mass is 32.2. The number of pyridine rings is 1. The van der Waals surface area contributed by atoms with E-state index in [2.05, 4.69) is 11.1 Å². The summed E-state index contributed by atoms with van der Waals surface area (Å²) in [6, 6.07) is 19.1. The van der Waals surface area contributed by atoms with Gasteiger partial charge in [0.05, 0.1) is 22.7 Å². The van der Waals surface area contributed by atoms with E-state index in [1.54, 1.807) is 23.0 Å². The fourth-order valence-electron chi connectivity index (χ4n) is 4.04. The van der Waals surface area contributed by atoms with Gasteiger partial charge in [-0.3, -0.25) is 19.1 Å². The summed E-state index contributed by atoms with van der Waals surface area (Å²) in [5, 5.41) is 0.718. The summed E-state index contributed by atoms with van der Waals surface area (Å²) in [4.78, 5) is 37.3. The van der Waals surface area contributed by atoms with Gasteiger partial charge in [0.15, 0.2) is 5.16 Å². The maximum Gasteiger partial charge on any atom is 0.262 e. The highest BCUT2D eigenvalue weighted by molar-refractivity contribution is 8.00. The van der Waals surface area contributed by atoms with Crippen molar-refractivity contribution in [2.75, 3.05) is 11.4 Å². The van der Waals surface area contributed by atoms with Crippen molar-refractivity contribution in [2.45, 2.75) is 30.3 Å². The topological polar surface area (TPSA) is 68.1 Å². The number of hydrogen-bond donors (Lipinski definition) is 0. The molecule has 0 N–H and O–H groups in total. The molecule has 6 nitrogen and oxygen atoms in total. The molecular formula is C25H22N4O2S. The Labute approximate surface area is 189 Å². The largest absolute Gasteiger partial charge is 0.311 e. The van der Waals surface area contributed by atoms with Crippen LogP contribution in [0.5, 0.6) is 0 Å². The van der Waals surface area contributed by atoms with Crippen molar-refractivity contribution >= 4 is 34.3 Å². The molecule has 0 aliphatic carbocycles. The lowest BCUT2D eigenvalue weighted by molar-refractivity contribution is -0.117. The number of hydrogen-bond acceptors (Lipinski definition) is 5. The van der Waals surface area contributed by atoms with Crippen molar-refractivity contribution in [2.24, 2.45) is 0 Å². The molecule has 1 unspecified atom stereocenters. The standard InChI is InChI=1S/C25H22N4O2S/c1-17(23(30)28-15-12-19-6-2-5-9-22(19)28)32-25-27-21-8-4-3-7-20(21)24(31)29(25)16-18-10-13-26-14-11-18/h2-11,13-14,17H,12,15-16H2,1H3. The van der Waals surface area contributed by atoms with E-state index in [-0.39, 0.29) is 11.5 Å². The molecule has 32 heavy (non-hydrogen) atoms. The van der Waals surface area contributed by atoms with Crippen LogP contribution in [0.1, 0.15) is 18.1 Å². The van der Waals surface area contributed by atoms with E-state index in [4.69, 9.17) is 4.98 Å². The van der Waals surface area contributed by atoms with Crippen molar-refractivity contribution in [1.82, 2.24) is 14.5 Å². The van der Waals surface area contributed by atoms with Gasteiger partial charge in [0, 0.05) is 24.6 Å². The molecule has 0 saturated carbocycles. The zero-order valence-electron chi connectivity index (χ0n) is 17.6. The van der Waals surface area contributed by atoms with Gasteiger partial charge in [0.2, 0.25) is 5.91 Å². The van der Waals surface area contributed by atoms with E-state index in [0.29, 0.717) is 29.1 Å². The monoisotopic (exact) mass is 442 g/mol. The average molecular weight is 443 g/mol. The first kappa shape index (κ1) is 20.5. The number of fused-ring (bicyclic) bond motifs is 2. The Bertz CT molecular complexity index is 1350. The van der Waals surface area contributed by atoms with Gasteiger partial charge in [0.1, 0.15) is 0 Å². The maximum atomic E-state index is 13.3. The van der Waals surface area contributed by atoms with Gasteiger partial charge >= 0.3 is 0 Å². The molecule has 2 aromatic heterocycles. The minimum Gasteiger partial charge on any atom is -0.311 e. The summed E-state index contributed by atoms with van der Waals surface area (Å²) < 4.78 is 1.66. The van der Waals surface area contributed by atoms with Crippen LogP contribution in [-0.4, -0.2) is 32.2 Å². The van der Waals surface area contributed by atoms with Crippen LogP contribution in [0.2, 0.25) is 0 Å². The van der Waals surface area contributed by atoms with Crippen LogP contribution in [0, 0.1) is 0 Å². The van der Waals surface area contributed by atoms with Crippen molar-refractivity contribution in [3.63, 3.8) is 0 Å². The zero-order chi connectivity index (χ0) is 22.1. The number of carbonyl (C=O) groups is 1. The summed E-state index contributed by atoms with van der Waals surface area (Å²) >= 11 is 1.33. The number of rotatable bonds is 5. The predicted molar refractivity (Wildman–Crippen MR) is 127 cm³/mol. The van der Waals surface area contributed by atoms with Gasteiger partial charge in [0.25, 0.3) is 5.56 Å². The van der Waals surface area contributed by atoms with Crippen LogP contribution in [0.25, 0.3) is 10.9 Å². The van der Waals surface area contributed by atoms with Crippen LogP contribution in [-0.2, 0) is 17.8 Å². The summed E-state index contributed by atoms with van der Waals surface area (Å²) in [7, 11) is 0. The minimum absolute atomic E-state index is 0.0258. The number of thioether (sulfide) groups is 1. The molecule has 2 aromatic carbocycles. The summed E-state index contributed by atoms with van der Waals surface area (Å²) in [5.74, 6) is 0.0258. The smallest absolute Gasteiger partial charge is 0.262 e. The SMILES string of the molecule is CC(Sc1nc2ccccc2c(=O)n1Cc1ccncc1)C(=O)N1CCc2ccccc21. The minimum atomic E-state index is -0.391. The van der Waals surface area contributed by atoms with Gasteiger partial charge in [-0.25, -0.2) is 4.98 Å². The number of amides is 1. The molecule has 3 heterocycles. The second-order valence-electron chi connectivity index (χ2n) is 7.79. The molecule has 0 saturated heterocycles. The molecule has 0 bridgehead atoms. The van der Waals surface area contributed by atoms with Crippen molar-refractivity contribution in [3.05, 3.63) is 94.5 Å². The second kappa shape index (κ2) is 8.59. The lowest BCUT2D eigenvalue weighted by Gasteiger charge is -2.22. The molecule has 1 amide bonds. The molecule has 0 fully saturated rings. The number of benzene rings is 2. The Hall–Kier alpha value is -3.45. The van der Waals surface area contributed by atoms with E-state index in [9.17, 15) is 9.59 Å². The van der Waals surface area contributed by atoms with E-state index >= 15 is 0 Å². The third kappa shape index (κ3) is 3.80. The van der Waals surface area contributed by atoms with Crippen LogP contribution in [0.3, 0.4) is 0 Å². The fourth-order valence-corrected chi connectivity index (χ4v) is 5.01. The molecule has 0 radical (unpaired) electrons. The maximum absolute atomic E-state index is 13.3. The lowest BCUT2D eigenvalue weighted by atomic mass is 10.2. The Kier molecular flexibility index (Phi) is 5.49. The summed E-state index contributed by atoms with van der Waals surface area (Å²) in [6.45, 7) is 2.93. The average Bonchev–Trinajstić information content (AvgIpc) is 3.26. The van der Waals surface area contributed by atoms with Gasteiger partial charge in [-0.05, 0) is 54.8 Å². The molecule has 1 atom stereocenters. The normalized spacial score (nSPS) is 13.8. The summed E-state index contributed by atoms with van der Waals surface area (Å²) in [5.41, 5.74) is 3.65. The van der Waals surface area contributed by atoms with E-state index in [1.807, 2.05) is 60.4 Å². The van der Waals surface area contributed by atoms with Crippen LogP contribution >= 0.6 is 11.8 Å². The lowest BCUT2D eigenvalue weighted by Crippen LogP contribution is -2.35. The first-order chi connectivity index (χ1) is 15.6. The second-order valence-corrected chi connectivity index (χ2v) is 9.09. The quantitative estimate of drug-likeness (QED) is 0.346. The Morgan fingerprint density at radius 1 is 1.06 bits per heavy atom. The fraction of sp³-hybridized carbons (Fsp3) is 0.200. The molecule has 160 valence electrons.